The highest BCUT2D eigenvalue weighted by Gasteiger charge is 2.27. The summed E-state index contributed by atoms with van der Waals surface area (Å²) in [6, 6.07) is 3.34. The third-order valence-electron chi connectivity index (χ3n) is 4.65. The Bertz CT molecular complexity index is 567. The Hall–Kier alpha value is -1.62. The Morgan fingerprint density at radius 3 is 2.50 bits per heavy atom. The number of benzene rings is 1. The molecule has 2 aliphatic heterocycles. The van der Waals surface area contributed by atoms with E-state index in [0.29, 0.717) is 17.7 Å². The van der Waals surface area contributed by atoms with E-state index < -0.39 is 0 Å². The van der Waals surface area contributed by atoms with E-state index in [1.165, 1.54) is 6.07 Å². The lowest BCUT2D eigenvalue weighted by molar-refractivity contribution is 0.0979. The van der Waals surface area contributed by atoms with Crippen molar-refractivity contribution in [3.05, 3.63) is 23.5 Å². The third-order valence-corrected chi connectivity index (χ3v) is 4.65. The minimum atomic E-state index is -0.269. The van der Waals surface area contributed by atoms with Gasteiger partial charge in [-0.15, -0.1) is 0 Å². The fourth-order valence-electron chi connectivity index (χ4n) is 3.32. The molecule has 0 N–H and O–H groups in total. The molecule has 0 atom stereocenters. The number of likely N-dealkylation sites (N-methyl/N-ethyl adjacent to an activating group) is 1. The largest absolute Gasteiger partial charge is 0.370 e. The Labute approximate surface area is 131 Å². The fourth-order valence-corrected chi connectivity index (χ4v) is 3.32. The van der Waals surface area contributed by atoms with Crippen molar-refractivity contribution in [2.24, 2.45) is 0 Å². The molecule has 0 unspecified atom stereocenters. The molecule has 22 heavy (non-hydrogen) atoms. The van der Waals surface area contributed by atoms with Gasteiger partial charge in [-0.2, -0.15) is 0 Å². The molecule has 2 heterocycles. The van der Waals surface area contributed by atoms with Crippen LogP contribution in [0.3, 0.4) is 0 Å². The van der Waals surface area contributed by atoms with Gasteiger partial charge in [0.15, 0.2) is 5.78 Å². The molecule has 1 fully saturated rings. The van der Waals surface area contributed by atoms with E-state index in [-0.39, 0.29) is 11.6 Å². The summed E-state index contributed by atoms with van der Waals surface area (Å²) in [5, 5.41) is 0. The molecule has 0 radical (unpaired) electrons. The van der Waals surface area contributed by atoms with Crippen molar-refractivity contribution in [2.45, 2.75) is 19.8 Å². The molecule has 0 aliphatic carbocycles. The number of hydrogen-bond acceptors (Lipinski definition) is 4. The summed E-state index contributed by atoms with van der Waals surface area (Å²) in [5.74, 6) is -0.207. The molecule has 0 amide bonds. The summed E-state index contributed by atoms with van der Waals surface area (Å²) in [5.41, 5.74) is 2.10. The second-order valence-electron chi connectivity index (χ2n) is 6.27. The van der Waals surface area contributed by atoms with Crippen molar-refractivity contribution < 1.29 is 9.18 Å². The van der Waals surface area contributed by atoms with Crippen LogP contribution in [-0.4, -0.2) is 57.0 Å². The number of Topliss-reactive ketones (excluding diaryl/α,β-unsaturated/α-hetero) is 1. The lowest BCUT2D eigenvalue weighted by Crippen LogP contribution is -2.45. The molecule has 1 aromatic rings. The van der Waals surface area contributed by atoms with E-state index in [0.717, 1.165) is 51.4 Å². The summed E-state index contributed by atoms with van der Waals surface area (Å²) in [6.07, 6.45) is 1.51. The number of carbonyl (C=O) groups excluding carboxylic acids is 1. The van der Waals surface area contributed by atoms with Crippen LogP contribution in [0, 0.1) is 5.82 Å². The standard InChI is InChI=1S/C17H24FN3O/c1-3-5-20-6-4-17(22)13-11-14(18)16(12-15(13)20)21-9-7-19(2)8-10-21/h11-12H,3-10H2,1-2H3. The zero-order chi connectivity index (χ0) is 15.7. The summed E-state index contributed by atoms with van der Waals surface area (Å²) >= 11 is 0. The van der Waals surface area contributed by atoms with Crippen molar-refractivity contribution >= 4 is 17.2 Å². The number of nitrogens with zero attached hydrogens (tertiary/aromatic N) is 3. The minimum absolute atomic E-state index is 0.0613. The maximum absolute atomic E-state index is 14.5. The van der Waals surface area contributed by atoms with E-state index in [1.54, 1.807) is 0 Å². The number of anilines is 2. The van der Waals surface area contributed by atoms with Crippen molar-refractivity contribution in [3.63, 3.8) is 0 Å². The average molecular weight is 305 g/mol. The lowest BCUT2D eigenvalue weighted by atomic mass is 9.98. The van der Waals surface area contributed by atoms with Gasteiger partial charge in [-0.3, -0.25) is 4.79 Å². The highest BCUT2D eigenvalue weighted by atomic mass is 19.1. The number of halogens is 1. The predicted molar refractivity (Wildman–Crippen MR) is 87.6 cm³/mol. The molecular formula is C17H24FN3O. The molecule has 1 aromatic carbocycles. The summed E-state index contributed by atoms with van der Waals surface area (Å²) in [7, 11) is 2.09. The van der Waals surface area contributed by atoms with Gasteiger partial charge in [-0.25, -0.2) is 4.39 Å². The molecule has 1 saturated heterocycles. The highest BCUT2D eigenvalue weighted by molar-refractivity contribution is 6.04. The molecule has 4 nitrogen and oxygen atoms in total. The van der Waals surface area contributed by atoms with Crippen LogP contribution in [0.15, 0.2) is 12.1 Å². The molecular weight excluding hydrogens is 281 g/mol. The van der Waals surface area contributed by atoms with Crippen LogP contribution in [0.5, 0.6) is 0 Å². The van der Waals surface area contributed by atoms with Gasteiger partial charge in [-0.1, -0.05) is 6.92 Å². The van der Waals surface area contributed by atoms with Crippen LogP contribution in [0.4, 0.5) is 15.8 Å². The molecule has 0 spiro atoms. The van der Waals surface area contributed by atoms with Crippen LogP contribution in [-0.2, 0) is 0 Å². The Kier molecular flexibility index (Phi) is 4.34. The van der Waals surface area contributed by atoms with Crippen LogP contribution in [0.2, 0.25) is 0 Å². The lowest BCUT2D eigenvalue weighted by Gasteiger charge is -2.36. The first-order valence-electron chi connectivity index (χ1n) is 8.15. The van der Waals surface area contributed by atoms with E-state index in [2.05, 4.69) is 28.7 Å². The first-order valence-corrected chi connectivity index (χ1v) is 8.15. The molecule has 2 aliphatic rings. The van der Waals surface area contributed by atoms with E-state index in [1.807, 2.05) is 6.07 Å². The summed E-state index contributed by atoms with van der Waals surface area (Å²) < 4.78 is 14.5. The molecule has 0 aromatic heterocycles. The van der Waals surface area contributed by atoms with Gasteiger partial charge < -0.3 is 14.7 Å². The highest BCUT2D eigenvalue weighted by Crippen LogP contribution is 2.34. The predicted octanol–water partition coefficient (Wildman–Crippen LogP) is 2.38. The number of piperazine rings is 1. The van der Waals surface area contributed by atoms with Crippen molar-refractivity contribution in [2.75, 3.05) is 56.1 Å². The number of carbonyl (C=O) groups is 1. The third kappa shape index (κ3) is 2.82. The van der Waals surface area contributed by atoms with Gasteiger partial charge >= 0.3 is 0 Å². The van der Waals surface area contributed by atoms with Gasteiger partial charge in [-0.05, 0) is 25.6 Å². The second-order valence-corrected chi connectivity index (χ2v) is 6.27. The average Bonchev–Trinajstić information content (AvgIpc) is 2.51. The van der Waals surface area contributed by atoms with Crippen LogP contribution in [0.1, 0.15) is 30.1 Å². The molecule has 0 saturated carbocycles. The van der Waals surface area contributed by atoms with Crippen LogP contribution < -0.4 is 9.80 Å². The minimum Gasteiger partial charge on any atom is -0.370 e. The SMILES string of the molecule is CCCN1CCC(=O)c2cc(F)c(N3CCN(C)CC3)cc21. The number of fused-ring (bicyclic) bond motifs is 1. The van der Waals surface area contributed by atoms with Crippen molar-refractivity contribution in [1.82, 2.24) is 4.90 Å². The second kappa shape index (κ2) is 6.24. The maximum Gasteiger partial charge on any atom is 0.166 e. The fraction of sp³-hybridized carbons (Fsp3) is 0.588. The van der Waals surface area contributed by atoms with E-state index in [4.69, 9.17) is 0 Å². The summed E-state index contributed by atoms with van der Waals surface area (Å²) in [6.45, 7) is 7.31. The van der Waals surface area contributed by atoms with Crippen LogP contribution >= 0.6 is 0 Å². The first-order chi connectivity index (χ1) is 10.6. The molecule has 0 bridgehead atoms. The molecule has 120 valence electrons. The van der Waals surface area contributed by atoms with Crippen LogP contribution in [0.25, 0.3) is 0 Å². The van der Waals surface area contributed by atoms with Gasteiger partial charge in [0.25, 0.3) is 0 Å². The Morgan fingerprint density at radius 2 is 1.82 bits per heavy atom. The zero-order valence-electron chi connectivity index (χ0n) is 13.4. The van der Waals surface area contributed by atoms with Gasteiger partial charge in [0.05, 0.1) is 5.69 Å². The monoisotopic (exact) mass is 305 g/mol. The topological polar surface area (TPSA) is 26.8 Å². The van der Waals surface area contributed by atoms with Gasteiger partial charge in [0, 0.05) is 56.9 Å². The van der Waals surface area contributed by atoms with Gasteiger partial charge in [0.1, 0.15) is 5.82 Å². The Balaban J connectivity index is 1.95. The molecule has 5 heteroatoms. The number of ketones is 1. The van der Waals surface area contributed by atoms with E-state index in [9.17, 15) is 9.18 Å². The normalized spacial score (nSPS) is 19.5. The smallest absolute Gasteiger partial charge is 0.166 e. The zero-order valence-corrected chi connectivity index (χ0v) is 13.4. The van der Waals surface area contributed by atoms with Crippen molar-refractivity contribution in [1.29, 1.82) is 0 Å². The number of rotatable bonds is 3. The summed E-state index contributed by atoms with van der Waals surface area (Å²) in [4.78, 5) is 18.7. The van der Waals surface area contributed by atoms with Crippen molar-refractivity contribution in [3.8, 4) is 0 Å². The van der Waals surface area contributed by atoms with Gasteiger partial charge in [0.2, 0.25) is 0 Å². The number of hydrogen-bond donors (Lipinski definition) is 0. The Morgan fingerprint density at radius 1 is 1.09 bits per heavy atom. The molecule has 3 rings (SSSR count). The first kappa shape index (κ1) is 15.3. The van der Waals surface area contributed by atoms with E-state index >= 15 is 0 Å². The maximum atomic E-state index is 14.5. The quantitative estimate of drug-likeness (QED) is 0.857.